The standard InChI is InChI=1S/C15H20N2O3S/c1-3-4-5-9-16-21(19,20)14-6-7-15-13(11-14)8-10-17(15)12(2)18/h3-4,6-7,11,16H,5,8-10H2,1-2H3/b4-3+. The van der Waals surface area contributed by atoms with Crippen molar-refractivity contribution in [3.05, 3.63) is 35.9 Å². The summed E-state index contributed by atoms with van der Waals surface area (Å²) in [5.41, 5.74) is 1.72. The Morgan fingerprint density at radius 1 is 1.43 bits per heavy atom. The molecule has 1 aromatic carbocycles. The Morgan fingerprint density at radius 3 is 2.86 bits per heavy atom. The summed E-state index contributed by atoms with van der Waals surface area (Å²) in [6.45, 7) is 4.41. The molecule has 0 spiro atoms. The SMILES string of the molecule is C/C=C/CCNS(=O)(=O)c1ccc2c(c1)CCN2C(C)=O. The van der Waals surface area contributed by atoms with Crippen LogP contribution in [-0.4, -0.2) is 27.4 Å². The van der Waals surface area contributed by atoms with Gasteiger partial charge >= 0.3 is 0 Å². The molecule has 0 aromatic heterocycles. The van der Waals surface area contributed by atoms with Crippen molar-refractivity contribution in [3.8, 4) is 0 Å². The van der Waals surface area contributed by atoms with Crippen LogP contribution in [0, 0.1) is 0 Å². The quantitative estimate of drug-likeness (QED) is 0.667. The Kier molecular flexibility index (Phi) is 4.80. The summed E-state index contributed by atoms with van der Waals surface area (Å²) in [7, 11) is -3.49. The second kappa shape index (κ2) is 6.41. The molecule has 0 radical (unpaired) electrons. The lowest BCUT2D eigenvalue weighted by Crippen LogP contribution is -2.26. The first-order chi connectivity index (χ1) is 9.95. The first-order valence-corrected chi connectivity index (χ1v) is 8.46. The van der Waals surface area contributed by atoms with Crippen LogP contribution in [0.3, 0.4) is 0 Å². The second-order valence-electron chi connectivity index (χ2n) is 4.97. The topological polar surface area (TPSA) is 66.5 Å². The molecule has 6 heteroatoms. The van der Waals surface area contributed by atoms with Crippen LogP contribution in [0.5, 0.6) is 0 Å². The van der Waals surface area contributed by atoms with E-state index >= 15 is 0 Å². The van der Waals surface area contributed by atoms with Gasteiger partial charge in [-0.25, -0.2) is 13.1 Å². The van der Waals surface area contributed by atoms with Crippen LogP contribution in [0.2, 0.25) is 0 Å². The number of carbonyl (C=O) groups is 1. The van der Waals surface area contributed by atoms with E-state index in [2.05, 4.69) is 4.72 Å². The molecule has 0 saturated carbocycles. The monoisotopic (exact) mass is 308 g/mol. The number of carbonyl (C=O) groups excluding carboxylic acids is 1. The van der Waals surface area contributed by atoms with E-state index < -0.39 is 10.0 Å². The van der Waals surface area contributed by atoms with Crippen LogP contribution >= 0.6 is 0 Å². The van der Waals surface area contributed by atoms with Crippen molar-refractivity contribution in [3.63, 3.8) is 0 Å². The lowest BCUT2D eigenvalue weighted by Gasteiger charge is -2.15. The fraction of sp³-hybridized carbons (Fsp3) is 0.400. The Bertz CT molecular complexity index is 665. The molecule has 0 atom stereocenters. The van der Waals surface area contributed by atoms with Crippen molar-refractivity contribution in [1.29, 1.82) is 0 Å². The molecule has 1 amide bonds. The molecular weight excluding hydrogens is 288 g/mol. The van der Waals surface area contributed by atoms with Gasteiger partial charge in [0.2, 0.25) is 15.9 Å². The van der Waals surface area contributed by atoms with Crippen molar-refractivity contribution in [2.45, 2.75) is 31.6 Å². The molecule has 5 nitrogen and oxygen atoms in total. The van der Waals surface area contributed by atoms with Crippen molar-refractivity contribution >= 4 is 21.6 Å². The molecule has 114 valence electrons. The van der Waals surface area contributed by atoms with Gasteiger partial charge in [-0.2, -0.15) is 0 Å². The average molecular weight is 308 g/mol. The number of hydrogen-bond donors (Lipinski definition) is 1. The minimum atomic E-state index is -3.49. The molecule has 1 heterocycles. The molecule has 0 bridgehead atoms. The number of benzene rings is 1. The van der Waals surface area contributed by atoms with Crippen LogP contribution in [0.1, 0.15) is 25.8 Å². The predicted molar refractivity (Wildman–Crippen MR) is 82.8 cm³/mol. The third-order valence-corrected chi connectivity index (χ3v) is 4.93. The summed E-state index contributed by atoms with van der Waals surface area (Å²) in [6, 6.07) is 4.93. The fourth-order valence-corrected chi connectivity index (χ4v) is 3.50. The molecule has 21 heavy (non-hydrogen) atoms. The Labute approximate surface area is 125 Å². The van der Waals surface area contributed by atoms with Gasteiger partial charge < -0.3 is 4.90 Å². The number of sulfonamides is 1. The lowest BCUT2D eigenvalue weighted by molar-refractivity contribution is -0.116. The highest BCUT2D eigenvalue weighted by atomic mass is 32.2. The van der Waals surface area contributed by atoms with Gasteiger partial charge in [0.25, 0.3) is 0 Å². The zero-order chi connectivity index (χ0) is 15.5. The van der Waals surface area contributed by atoms with Crippen molar-refractivity contribution in [1.82, 2.24) is 4.72 Å². The number of amides is 1. The highest BCUT2D eigenvalue weighted by molar-refractivity contribution is 7.89. The zero-order valence-corrected chi connectivity index (χ0v) is 13.1. The van der Waals surface area contributed by atoms with E-state index in [1.807, 2.05) is 19.1 Å². The van der Waals surface area contributed by atoms with E-state index in [-0.39, 0.29) is 10.8 Å². The second-order valence-corrected chi connectivity index (χ2v) is 6.73. The lowest BCUT2D eigenvalue weighted by atomic mass is 10.2. The van der Waals surface area contributed by atoms with Crippen LogP contribution < -0.4 is 9.62 Å². The van der Waals surface area contributed by atoms with Crippen LogP contribution in [0.15, 0.2) is 35.2 Å². The molecule has 0 aliphatic carbocycles. The van der Waals surface area contributed by atoms with E-state index in [0.717, 1.165) is 11.3 Å². The summed E-state index contributed by atoms with van der Waals surface area (Å²) in [5.74, 6) is -0.0196. The minimum absolute atomic E-state index is 0.0196. The number of nitrogens with one attached hydrogen (secondary N) is 1. The van der Waals surface area contributed by atoms with Gasteiger partial charge in [0.1, 0.15) is 0 Å². The molecule has 1 aliphatic rings. The van der Waals surface area contributed by atoms with E-state index in [4.69, 9.17) is 0 Å². The zero-order valence-electron chi connectivity index (χ0n) is 12.3. The van der Waals surface area contributed by atoms with Crippen molar-refractivity contribution in [2.24, 2.45) is 0 Å². The largest absolute Gasteiger partial charge is 0.312 e. The summed E-state index contributed by atoms with van der Waals surface area (Å²) in [6.07, 6.45) is 5.16. The molecule has 1 aromatic rings. The van der Waals surface area contributed by atoms with E-state index in [1.165, 1.54) is 6.92 Å². The number of rotatable bonds is 5. The van der Waals surface area contributed by atoms with Crippen molar-refractivity contribution in [2.75, 3.05) is 18.0 Å². The van der Waals surface area contributed by atoms with Gasteiger partial charge in [-0.3, -0.25) is 4.79 Å². The summed E-state index contributed by atoms with van der Waals surface area (Å²) in [4.78, 5) is 13.4. The molecule has 0 fully saturated rings. The van der Waals surface area contributed by atoms with Gasteiger partial charge in [0.15, 0.2) is 0 Å². The third-order valence-electron chi connectivity index (χ3n) is 3.48. The van der Waals surface area contributed by atoms with Gasteiger partial charge in [-0.1, -0.05) is 12.2 Å². The molecule has 1 aliphatic heterocycles. The van der Waals surface area contributed by atoms with E-state index in [1.54, 1.807) is 23.1 Å². The average Bonchev–Trinajstić information content (AvgIpc) is 2.86. The highest BCUT2D eigenvalue weighted by Crippen LogP contribution is 2.30. The van der Waals surface area contributed by atoms with Gasteiger partial charge in [0.05, 0.1) is 4.90 Å². The Balaban J connectivity index is 2.17. The van der Waals surface area contributed by atoms with Crippen LogP contribution in [0.25, 0.3) is 0 Å². The summed E-state index contributed by atoms with van der Waals surface area (Å²) >= 11 is 0. The number of hydrogen-bond acceptors (Lipinski definition) is 3. The molecule has 1 N–H and O–H groups in total. The third kappa shape index (κ3) is 3.51. The number of fused-ring (bicyclic) bond motifs is 1. The van der Waals surface area contributed by atoms with Crippen LogP contribution in [-0.2, 0) is 21.2 Å². The number of allylic oxidation sites excluding steroid dienone is 1. The maximum atomic E-state index is 12.2. The van der Waals surface area contributed by atoms with E-state index in [0.29, 0.717) is 25.9 Å². The maximum Gasteiger partial charge on any atom is 0.240 e. The maximum absolute atomic E-state index is 12.2. The van der Waals surface area contributed by atoms with E-state index in [9.17, 15) is 13.2 Å². The van der Waals surface area contributed by atoms with Gasteiger partial charge in [0, 0.05) is 25.7 Å². The van der Waals surface area contributed by atoms with Crippen molar-refractivity contribution < 1.29 is 13.2 Å². The predicted octanol–water partition coefficient (Wildman–Crippen LogP) is 1.84. The Morgan fingerprint density at radius 2 is 2.19 bits per heavy atom. The molecule has 0 saturated heterocycles. The van der Waals surface area contributed by atoms with Crippen LogP contribution in [0.4, 0.5) is 5.69 Å². The first kappa shape index (κ1) is 15.7. The smallest absolute Gasteiger partial charge is 0.240 e. The van der Waals surface area contributed by atoms with Gasteiger partial charge in [-0.05, 0) is 43.5 Å². The number of anilines is 1. The Hall–Kier alpha value is -1.66. The molecule has 0 unspecified atom stereocenters. The summed E-state index contributed by atoms with van der Waals surface area (Å²) < 4.78 is 27.0. The minimum Gasteiger partial charge on any atom is -0.312 e. The molecule has 2 rings (SSSR count). The van der Waals surface area contributed by atoms with Gasteiger partial charge in [-0.15, -0.1) is 0 Å². The first-order valence-electron chi connectivity index (χ1n) is 6.97. The fourth-order valence-electron chi connectivity index (χ4n) is 2.40. The number of nitrogens with zero attached hydrogens (tertiary/aromatic N) is 1. The molecular formula is C15H20N2O3S. The summed E-state index contributed by atoms with van der Waals surface area (Å²) in [5, 5.41) is 0. The highest BCUT2D eigenvalue weighted by Gasteiger charge is 2.24. The normalized spacial score (nSPS) is 14.7.